The first-order valence-electron chi connectivity index (χ1n) is 11.0. The molecular formula is C26H25N3O2S. The summed E-state index contributed by atoms with van der Waals surface area (Å²) < 4.78 is 13.2. The predicted molar refractivity (Wildman–Crippen MR) is 129 cm³/mol. The van der Waals surface area contributed by atoms with E-state index in [1.54, 1.807) is 24.3 Å². The minimum atomic E-state index is -1.31. The van der Waals surface area contributed by atoms with Crippen LogP contribution in [0, 0.1) is 0 Å². The number of rotatable bonds is 6. The fourth-order valence-corrected chi connectivity index (χ4v) is 5.36. The smallest absolute Gasteiger partial charge is 0.321 e. The van der Waals surface area contributed by atoms with Crippen LogP contribution in [0.4, 0.5) is 5.69 Å². The van der Waals surface area contributed by atoms with Crippen molar-refractivity contribution in [2.24, 2.45) is 0 Å². The monoisotopic (exact) mass is 443 g/mol. The predicted octanol–water partition coefficient (Wildman–Crippen LogP) is 5.09. The molecule has 1 atom stereocenters. The van der Waals surface area contributed by atoms with Gasteiger partial charge in [0.1, 0.15) is 5.75 Å². The summed E-state index contributed by atoms with van der Waals surface area (Å²) in [7, 11) is 0. The molecule has 162 valence electrons. The Kier molecular flexibility index (Phi) is 5.97. The van der Waals surface area contributed by atoms with Crippen molar-refractivity contribution in [2.45, 2.75) is 30.2 Å². The molecule has 0 spiro atoms. The number of aromatic amines is 1. The molecule has 5 rings (SSSR count). The molecule has 0 saturated carbocycles. The Morgan fingerprint density at radius 2 is 1.69 bits per heavy atom. The van der Waals surface area contributed by atoms with E-state index in [2.05, 4.69) is 27.0 Å². The van der Waals surface area contributed by atoms with Crippen molar-refractivity contribution in [1.82, 2.24) is 9.97 Å². The molecule has 0 radical (unpaired) electrons. The number of imidazole rings is 1. The van der Waals surface area contributed by atoms with Crippen molar-refractivity contribution in [1.29, 1.82) is 0 Å². The van der Waals surface area contributed by atoms with E-state index in [0.29, 0.717) is 27.6 Å². The maximum Gasteiger partial charge on any atom is 0.321 e. The van der Waals surface area contributed by atoms with Gasteiger partial charge in [0.2, 0.25) is 0 Å². The number of carbonyl (C=O) groups is 1. The summed E-state index contributed by atoms with van der Waals surface area (Å²) in [5.74, 6) is 0.357. The number of H-pyrrole nitrogens is 1. The highest BCUT2D eigenvalue weighted by Crippen LogP contribution is 2.28. The molecule has 5 nitrogen and oxygen atoms in total. The van der Waals surface area contributed by atoms with E-state index in [4.69, 9.17) is 0 Å². The lowest BCUT2D eigenvalue weighted by molar-refractivity contribution is 0.103. The zero-order chi connectivity index (χ0) is 21.9. The zero-order valence-corrected chi connectivity index (χ0v) is 18.6. The molecule has 1 aromatic heterocycles. The van der Waals surface area contributed by atoms with E-state index in [0.717, 1.165) is 24.2 Å². The van der Waals surface area contributed by atoms with Gasteiger partial charge in [-0.15, -0.1) is 0 Å². The van der Waals surface area contributed by atoms with Crippen LogP contribution in [0.5, 0.6) is 0 Å². The van der Waals surface area contributed by atoms with Gasteiger partial charge in [0.25, 0.3) is 0 Å². The maximum absolute atomic E-state index is 13.2. The summed E-state index contributed by atoms with van der Waals surface area (Å²) in [6, 6.07) is 22.8. The largest absolute Gasteiger partial charge is 0.609 e. The highest BCUT2D eigenvalue weighted by Gasteiger charge is 2.22. The number of anilines is 1. The van der Waals surface area contributed by atoms with Crippen LogP contribution >= 0.6 is 0 Å². The van der Waals surface area contributed by atoms with Gasteiger partial charge in [-0.1, -0.05) is 48.5 Å². The number of piperidine rings is 1. The van der Waals surface area contributed by atoms with Gasteiger partial charge >= 0.3 is 5.16 Å². The molecule has 1 saturated heterocycles. The van der Waals surface area contributed by atoms with Crippen LogP contribution < -0.4 is 4.90 Å². The number of ketones is 1. The van der Waals surface area contributed by atoms with E-state index in [1.807, 2.05) is 36.4 Å². The number of nitrogens with one attached hydrogen (secondary N) is 1. The molecule has 0 aliphatic carbocycles. The van der Waals surface area contributed by atoms with Gasteiger partial charge in [-0.25, -0.2) is 0 Å². The van der Waals surface area contributed by atoms with Crippen LogP contribution in [0.25, 0.3) is 11.0 Å². The first-order valence-corrected chi connectivity index (χ1v) is 12.3. The van der Waals surface area contributed by atoms with E-state index in [-0.39, 0.29) is 5.78 Å². The molecular weight excluding hydrogens is 418 g/mol. The summed E-state index contributed by atoms with van der Waals surface area (Å²) in [5, 5.41) is 0.442. The lowest BCUT2D eigenvalue weighted by Crippen LogP contribution is -2.30. The third-order valence-electron chi connectivity index (χ3n) is 5.95. The molecule has 1 N–H and O–H groups in total. The number of hydrogen-bond acceptors (Lipinski definition) is 4. The summed E-state index contributed by atoms with van der Waals surface area (Å²) in [5.41, 5.74) is 4.89. The number of benzene rings is 3. The summed E-state index contributed by atoms with van der Waals surface area (Å²) >= 11 is -1.31. The third kappa shape index (κ3) is 4.29. The first kappa shape index (κ1) is 20.8. The van der Waals surface area contributed by atoms with Crippen molar-refractivity contribution in [3.05, 3.63) is 89.5 Å². The average Bonchev–Trinajstić information content (AvgIpc) is 3.29. The van der Waals surface area contributed by atoms with Crippen molar-refractivity contribution in [3.8, 4) is 0 Å². The Morgan fingerprint density at radius 1 is 0.938 bits per heavy atom. The van der Waals surface area contributed by atoms with Gasteiger partial charge in [0.15, 0.2) is 5.78 Å². The molecule has 0 bridgehead atoms. The molecule has 0 amide bonds. The molecule has 1 fully saturated rings. The number of fused-ring (bicyclic) bond motifs is 1. The Morgan fingerprint density at radius 3 is 2.50 bits per heavy atom. The Hall–Kier alpha value is -3.09. The molecule has 4 aromatic rings. The van der Waals surface area contributed by atoms with Crippen molar-refractivity contribution in [2.75, 3.05) is 18.0 Å². The number of hydrogen-bond donors (Lipinski definition) is 1. The van der Waals surface area contributed by atoms with Crippen LogP contribution in [-0.2, 0) is 16.9 Å². The highest BCUT2D eigenvalue weighted by molar-refractivity contribution is 7.90. The minimum Gasteiger partial charge on any atom is -0.609 e. The average molecular weight is 444 g/mol. The van der Waals surface area contributed by atoms with Crippen molar-refractivity contribution in [3.63, 3.8) is 0 Å². The molecule has 3 aromatic carbocycles. The molecule has 2 heterocycles. The van der Waals surface area contributed by atoms with Crippen LogP contribution in [0.1, 0.15) is 40.7 Å². The second kappa shape index (κ2) is 9.18. The quantitative estimate of drug-likeness (QED) is 0.333. The van der Waals surface area contributed by atoms with Crippen LogP contribution in [0.15, 0.2) is 78.0 Å². The van der Waals surface area contributed by atoms with E-state index < -0.39 is 11.2 Å². The number of para-hydroxylation sites is 1. The lowest BCUT2D eigenvalue weighted by atomic mass is 10.0. The summed E-state index contributed by atoms with van der Waals surface area (Å²) in [4.78, 5) is 22.9. The molecule has 1 aliphatic rings. The Labute approximate surface area is 190 Å². The summed E-state index contributed by atoms with van der Waals surface area (Å²) in [6.45, 7) is 2.10. The number of nitrogens with zero attached hydrogens (tertiary/aromatic N) is 2. The molecule has 1 unspecified atom stereocenters. The standard InChI is InChI=1S/C26H25N3O2S/c30-25(19-9-3-1-4-10-19)20-13-14-22-23(17-20)28-26(27-22)32(31)18-21-11-5-6-12-24(21)29-15-7-2-8-16-29/h1,3-6,9-14,17H,2,7-8,15-16,18H2,(H,27,28). The zero-order valence-electron chi connectivity index (χ0n) is 17.8. The second-order valence-corrected chi connectivity index (χ2v) is 9.50. The van der Waals surface area contributed by atoms with Crippen LogP contribution in [0.3, 0.4) is 0 Å². The molecule has 6 heteroatoms. The fourth-order valence-electron chi connectivity index (χ4n) is 4.27. The fraction of sp³-hybridized carbons (Fsp3) is 0.231. The van der Waals surface area contributed by atoms with Crippen LogP contribution in [0.2, 0.25) is 0 Å². The highest BCUT2D eigenvalue weighted by atomic mass is 32.2. The van der Waals surface area contributed by atoms with Crippen molar-refractivity contribution < 1.29 is 9.35 Å². The number of aromatic nitrogens is 2. The van der Waals surface area contributed by atoms with Gasteiger partial charge in [-0.2, -0.15) is 4.98 Å². The molecule has 1 aliphatic heterocycles. The maximum atomic E-state index is 13.2. The van der Waals surface area contributed by atoms with Gasteiger partial charge in [-0.05, 0) is 43.5 Å². The SMILES string of the molecule is O=C(c1ccccc1)c1ccc2[nH]c([S+]([O-])Cc3ccccc3N3CCCCC3)nc2c1. The Balaban J connectivity index is 1.38. The van der Waals surface area contributed by atoms with Gasteiger partial charge in [0.05, 0.1) is 11.0 Å². The van der Waals surface area contributed by atoms with Gasteiger partial charge in [-0.3, -0.25) is 9.78 Å². The topological polar surface area (TPSA) is 72.1 Å². The first-order chi connectivity index (χ1) is 15.7. The molecule has 32 heavy (non-hydrogen) atoms. The number of carbonyl (C=O) groups excluding carboxylic acids is 1. The van der Waals surface area contributed by atoms with Gasteiger partial charge in [0, 0.05) is 46.6 Å². The minimum absolute atomic E-state index is 0.0476. The Bertz CT molecular complexity index is 1230. The van der Waals surface area contributed by atoms with Gasteiger partial charge < -0.3 is 9.45 Å². The third-order valence-corrected chi connectivity index (χ3v) is 7.15. The van der Waals surface area contributed by atoms with E-state index >= 15 is 0 Å². The van der Waals surface area contributed by atoms with E-state index in [1.165, 1.54) is 24.9 Å². The van der Waals surface area contributed by atoms with E-state index in [9.17, 15) is 9.35 Å². The summed E-state index contributed by atoms with van der Waals surface area (Å²) in [6.07, 6.45) is 3.68. The second-order valence-electron chi connectivity index (χ2n) is 8.14. The lowest BCUT2D eigenvalue weighted by Gasteiger charge is -2.30. The van der Waals surface area contributed by atoms with Crippen LogP contribution in [-0.4, -0.2) is 33.4 Å². The van der Waals surface area contributed by atoms with Crippen molar-refractivity contribution >= 4 is 33.7 Å². The normalized spacial score (nSPS) is 15.1.